The van der Waals surface area contributed by atoms with Crippen molar-refractivity contribution in [1.29, 1.82) is 0 Å². The first-order valence-corrected chi connectivity index (χ1v) is 11.8. The molecule has 1 heterocycles. The van der Waals surface area contributed by atoms with Crippen LogP contribution in [0.5, 0.6) is 0 Å². The van der Waals surface area contributed by atoms with Gasteiger partial charge in [-0.1, -0.05) is 56.5 Å². The minimum Gasteiger partial charge on any atom is -0.392 e. The highest BCUT2D eigenvalue weighted by Gasteiger charge is 2.49. The normalized spacial score (nSPS) is 31.0. The Hall–Kier alpha value is -1.13. The van der Waals surface area contributed by atoms with Gasteiger partial charge in [0, 0.05) is 11.3 Å². The zero-order valence-corrected chi connectivity index (χ0v) is 16.9. The summed E-state index contributed by atoms with van der Waals surface area (Å²) in [5.74, 6) is -0.140. The van der Waals surface area contributed by atoms with Gasteiger partial charge in [0.1, 0.15) is 0 Å². The minimum atomic E-state index is -3.42. The van der Waals surface area contributed by atoms with E-state index in [1.807, 2.05) is 19.1 Å². The minimum absolute atomic E-state index is 0.0540. The Labute approximate surface area is 158 Å². The van der Waals surface area contributed by atoms with Crippen molar-refractivity contribution in [2.75, 3.05) is 5.75 Å². The van der Waals surface area contributed by atoms with Crippen LogP contribution in [0.4, 0.5) is 0 Å². The fraction of sp³-hybridized carbons (Fsp3) is 0.636. The Morgan fingerprint density at radius 3 is 2.62 bits per heavy atom. The van der Waals surface area contributed by atoms with Crippen LogP contribution < -0.4 is 0 Å². The van der Waals surface area contributed by atoms with Crippen LogP contribution in [-0.2, 0) is 9.84 Å². The fourth-order valence-corrected chi connectivity index (χ4v) is 7.14. The first-order valence-electron chi connectivity index (χ1n) is 10.1. The van der Waals surface area contributed by atoms with E-state index < -0.39 is 21.4 Å². The smallest absolute Gasteiger partial charge is 0.179 e. The quantitative estimate of drug-likeness (QED) is 0.735. The molecule has 4 heteroatoms. The summed E-state index contributed by atoms with van der Waals surface area (Å²) < 4.78 is 26.5. The van der Waals surface area contributed by atoms with Crippen molar-refractivity contribution in [3.05, 3.63) is 41.5 Å². The molecule has 0 bridgehead atoms. The second-order valence-corrected chi connectivity index (χ2v) is 10.0. The zero-order valence-electron chi connectivity index (χ0n) is 16.1. The molecular weight excluding hydrogens is 344 g/mol. The molecule has 2 unspecified atom stereocenters. The van der Waals surface area contributed by atoms with Crippen LogP contribution in [0.25, 0.3) is 0 Å². The number of rotatable bonds is 5. The van der Waals surface area contributed by atoms with Crippen molar-refractivity contribution in [2.45, 2.75) is 82.1 Å². The summed E-state index contributed by atoms with van der Waals surface area (Å²) in [5.41, 5.74) is 1.47. The van der Waals surface area contributed by atoms with Crippen molar-refractivity contribution < 1.29 is 13.5 Å². The van der Waals surface area contributed by atoms with Crippen LogP contribution in [0.1, 0.15) is 76.7 Å². The van der Waals surface area contributed by atoms with Crippen LogP contribution in [0.3, 0.4) is 0 Å². The maximum Gasteiger partial charge on any atom is 0.179 e. The fourth-order valence-electron chi connectivity index (χ4n) is 4.87. The number of sulfone groups is 1. The Balaban J connectivity index is 2.19. The molecule has 0 amide bonds. The molecule has 1 N–H and O–H groups in total. The van der Waals surface area contributed by atoms with Crippen molar-refractivity contribution >= 4 is 9.84 Å². The molecule has 1 aliphatic heterocycles. The SMILES string of the molecule is CCCCC1(CC)CS(=O)(=O)c2ccccc2[C@@H](C2=CCCCC2)C1O. The van der Waals surface area contributed by atoms with Crippen molar-refractivity contribution in [2.24, 2.45) is 5.41 Å². The number of allylic oxidation sites excluding steroid dienone is 1. The van der Waals surface area contributed by atoms with Crippen molar-refractivity contribution in [3.63, 3.8) is 0 Å². The summed E-state index contributed by atoms with van der Waals surface area (Å²) in [7, 11) is -3.42. The molecule has 3 atom stereocenters. The largest absolute Gasteiger partial charge is 0.392 e. The van der Waals surface area contributed by atoms with E-state index in [4.69, 9.17) is 0 Å². The van der Waals surface area contributed by atoms with Gasteiger partial charge in [-0.2, -0.15) is 0 Å². The Morgan fingerprint density at radius 1 is 1.19 bits per heavy atom. The summed E-state index contributed by atoms with van der Waals surface area (Å²) in [6.45, 7) is 4.16. The maximum atomic E-state index is 13.3. The van der Waals surface area contributed by atoms with Gasteiger partial charge in [0.25, 0.3) is 0 Å². The highest BCUT2D eigenvalue weighted by atomic mass is 32.2. The van der Waals surface area contributed by atoms with Gasteiger partial charge in [0.15, 0.2) is 9.84 Å². The van der Waals surface area contributed by atoms with E-state index in [0.717, 1.165) is 44.1 Å². The molecule has 3 rings (SSSR count). The van der Waals surface area contributed by atoms with Crippen LogP contribution in [0.2, 0.25) is 0 Å². The van der Waals surface area contributed by atoms with Crippen LogP contribution in [0.15, 0.2) is 40.8 Å². The van der Waals surface area contributed by atoms with E-state index in [1.165, 1.54) is 12.0 Å². The third-order valence-electron chi connectivity index (χ3n) is 6.47. The molecule has 144 valence electrons. The van der Waals surface area contributed by atoms with Gasteiger partial charge >= 0.3 is 0 Å². The second-order valence-electron chi connectivity index (χ2n) is 8.06. The van der Waals surface area contributed by atoms with E-state index in [-0.39, 0.29) is 11.7 Å². The van der Waals surface area contributed by atoms with E-state index in [1.54, 1.807) is 12.1 Å². The molecule has 0 fully saturated rings. The molecule has 1 aromatic carbocycles. The standard InChI is InChI=1S/C22H32O3S/c1-3-5-15-22(4-2)16-26(24,25)19-14-10-9-13-18(19)20(21(22)23)17-11-7-6-8-12-17/h9-11,13-14,20-21,23H,3-8,12,15-16H2,1-2H3/t20-,21?,22?/m1/s1. The predicted molar refractivity (Wildman–Crippen MR) is 106 cm³/mol. The molecule has 2 aliphatic rings. The molecule has 0 saturated heterocycles. The van der Waals surface area contributed by atoms with E-state index in [9.17, 15) is 13.5 Å². The Morgan fingerprint density at radius 2 is 1.96 bits per heavy atom. The molecule has 3 nitrogen and oxygen atoms in total. The molecule has 26 heavy (non-hydrogen) atoms. The van der Waals surface area contributed by atoms with Gasteiger partial charge < -0.3 is 5.11 Å². The molecule has 1 aliphatic carbocycles. The van der Waals surface area contributed by atoms with Crippen LogP contribution >= 0.6 is 0 Å². The topological polar surface area (TPSA) is 54.4 Å². The molecule has 0 saturated carbocycles. The number of benzene rings is 1. The first-order chi connectivity index (χ1) is 12.4. The first kappa shape index (κ1) is 19.6. The Bertz CT molecular complexity index is 765. The average Bonchev–Trinajstić information content (AvgIpc) is 2.73. The van der Waals surface area contributed by atoms with Gasteiger partial charge in [-0.25, -0.2) is 8.42 Å². The highest BCUT2D eigenvalue weighted by Crippen LogP contribution is 2.50. The van der Waals surface area contributed by atoms with Gasteiger partial charge in [0.2, 0.25) is 0 Å². The lowest BCUT2D eigenvalue weighted by molar-refractivity contribution is 0.0155. The molecule has 0 aromatic heterocycles. The van der Waals surface area contributed by atoms with Gasteiger partial charge in [-0.15, -0.1) is 0 Å². The summed E-state index contributed by atoms with van der Waals surface area (Å²) in [5, 5.41) is 11.6. The Kier molecular flexibility index (Phi) is 5.93. The lowest BCUT2D eigenvalue weighted by atomic mass is 9.68. The monoisotopic (exact) mass is 376 g/mol. The number of fused-ring (bicyclic) bond motifs is 1. The predicted octanol–water partition coefficient (Wildman–Crippen LogP) is 5.01. The third-order valence-corrected chi connectivity index (χ3v) is 8.46. The molecule has 0 spiro atoms. The highest BCUT2D eigenvalue weighted by molar-refractivity contribution is 7.91. The number of unbranched alkanes of at least 4 members (excludes halogenated alkanes) is 1. The molecule has 1 aromatic rings. The molecular formula is C22H32O3S. The average molecular weight is 377 g/mol. The van der Waals surface area contributed by atoms with Crippen molar-refractivity contribution in [1.82, 2.24) is 0 Å². The van der Waals surface area contributed by atoms with Gasteiger partial charge in [0.05, 0.1) is 16.8 Å². The maximum absolute atomic E-state index is 13.3. The van der Waals surface area contributed by atoms with Crippen LogP contribution in [-0.4, -0.2) is 25.4 Å². The number of aliphatic hydroxyl groups excluding tert-OH is 1. The number of aliphatic hydroxyl groups is 1. The van der Waals surface area contributed by atoms with Gasteiger partial charge in [-0.05, 0) is 50.2 Å². The van der Waals surface area contributed by atoms with Crippen molar-refractivity contribution in [3.8, 4) is 0 Å². The lowest BCUT2D eigenvalue weighted by Crippen LogP contribution is -2.42. The summed E-state index contributed by atoms with van der Waals surface area (Å²) >= 11 is 0. The second kappa shape index (κ2) is 7.85. The summed E-state index contributed by atoms with van der Waals surface area (Å²) in [6, 6.07) is 7.36. The lowest BCUT2D eigenvalue weighted by Gasteiger charge is -2.40. The summed E-state index contributed by atoms with van der Waals surface area (Å²) in [6.07, 6.45) is 9.30. The number of hydrogen-bond acceptors (Lipinski definition) is 3. The number of hydrogen-bond donors (Lipinski definition) is 1. The zero-order chi connectivity index (χ0) is 18.8. The van der Waals surface area contributed by atoms with E-state index in [0.29, 0.717) is 11.3 Å². The van der Waals surface area contributed by atoms with E-state index in [2.05, 4.69) is 13.0 Å². The summed E-state index contributed by atoms with van der Waals surface area (Å²) in [4.78, 5) is 0.433. The van der Waals surface area contributed by atoms with E-state index >= 15 is 0 Å². The van der Waals surface area contributed by atoms with Crippen LogP contribution in [0, 0.1) is 5.41 Å². The molecule has 0 radical (unpaired) electrons. The third kappa shape index (κ3) is 3.50. The van der Waals surface area contributed by atoms with Gasteiger partial charge in [-0.3, -0.25) is 0 Å².